The van der Waals surface area contributed by atoms with Crippen molar-refractivity contribution in [2.75, 3.05) is 56.7 Å². The first-order valence-corrected chi connectivity index (χ1v) is 17.8. The van der Waals surface area contributed by atoms with Gasteiger partial charge < -0.3 is 14.8 Å². The normalized spacial score (nSPS) is 28.8. The lowest BCUT2D eigenvalue weighted by Gasteiger charge is -2.44. The average molecular weight is 585 g/mol. The van der Waals surface area contributed by atoms with Crippen molar-refractivity contribution >= 4 is 46.4 Å². The van der Waals surface area contributed by atoms with Gasteiger partial charge in [-0.1, -0.05) is 37.0 Å². The summed E-state index contributed by atoms with van der Waals surface area (Å²) in [7, 11) is -4.32. The van der Waals surface area contributed by atoms with Gasteiger partial charge in [-0.15, -0.1) is 0 Å². The van der Waals surface area contributed by atoms with Crippen LogP contribution in [0.2, 0.25) is 0 Å². The molecular weight excluding hydrogens is 545 g/mol. The molecule has 2 aromatic rings. The van der Waals surface area contributed by atoms with Gasteiger partial charge in [0, 0.05) is 54.5 Å². The van der Waals surface area contributed by atoms with Crippen LogP contribution in [0.3, 0.4) is 0 Å². The summed E-state index contributed by atoms with van der Waals surface area (Å²) in [5, 5.41) is 4.29. The van der Waals surface area contributed by atoms with Crippen LogP contribution in [0.4, 0.5) is 5.13 Å². The first kappa shape index (κ1) is 28.2. The number of morpholine rings is 1. The van der Waals surface area contributed by atoms with Gasteiger partial charge in [-0.3, -0.25) is 0 Å². The zero-order valence-corrected chi connectivity index (χ0v) is 24.9. The summed E-state index contributed by atoms with van der Waals surface area (Å²) in [5.74, 6) is 0.894. The molecule has 0 radical (unpaired) electrons. The fraction of sp³-hybridized carbons (Fsp3) is 0.731. The largest absolute Gasteiger partial charge is 0.373 e. The van der Waals surface area contributed by atoms with Crippen LogP contribution < -0.4 is 5.32 Å². The first-order chi connectivity index (χ1) is 18.2. The number of ether oxygens (including phenoxy) is 2. The van der Waals surface area contributed by atoms with Gasteiger partial charge in [-0.25, -0.2) is 22.0 Å². The maximum Gasteiger partial charge on any atom is 0.243 e. The van der Waals surface area contributed by atoms with Crippen LogP contribution in [0.5, 0.6) is 0 Å². The Hall–Kier alpha value is -1.31. The quantitative estimate of drug-likeness (QED) is 0.478. The molecule has 1 saturated carbocycles. The van der Waals surface area contributed by atoms with E-state index in [4.69, 9.17) is 14.5 Å². The Kier molecular flexibility index (Phi) is 8.38. The Labute approximate surface area is 230 Å². The number of aromatic nitrogens is 1. The number of rotatable bonds is 7. The summed E-state index contributed by atoms with van der Waals surface area (Å²) < 4.78 is 58.9. The third kappa shape index (κ3) is 5.90. The molecule has 0 amide bonds. The third-order valence-electron chi connectivity index (χ3n) is 8.32. The second-order valence-electron chi connectivity index (χ2n) is 10.8. The van der Waals surface area contributed by atoms with Crippen molar-refractivity contribution in [3.05, 3.63) is 18.2 Å². The van der Waals surface area contributed by atoms with E-state index < -0.39 is 25.4 Å². The summed E-state index contributed by atoms with van der Waals surface area (Å²) >= 11 is 1.54. The summed E-state index contributed by atoms with van der Waals surface area (Å²) in [4.78, 5) is 4.99. The molecule has 212 valence electrons. The number of fused-ring (bicyclic) bond motifs is 1. The highest BCUT2D eigenvalue weighted by Crippen LogP contribution is 2.36. The van der Waals surface area contributed by atoms with E-state index in [1.165, 1.54) is 41.3 Å². The van der Waals surface area contributed by atoms with Crippen molar-refractivity contribution in [3.8, 4) is 0 Å². The summed E-state index contributed by atoms with van der Waals surface area (Å²) in [6, 6.07) is 5.21. The summed E-state index contributed by atoms with van der Waals surface area (Å²) in [5.41, 5.74) is -0.0794. The van der Waals surface area contributed by atoms with E-state index in [-0.39, 0.29) is 17.0 Å². The van der Waals surface area contributed by atoms with E-state index in [2.05, 4.69) is 16.6 Å². The van der Waals surface area contributed by atoms with Gasteiger partial charge in [0.15, 0.2) is 5.13 Å². The number of benzene rings is 1. The molecule has 0 bridgehead atoms. The van der Waals surface area contributed by atoms with Crippen LogP contribution in [0.25, 0.3) is 10.2 Å². The molecule has 3 aliphatic rings. The molecule has 1 aliphatic carbocycles. The number of thiazole rings is 1. The number of anilines is 1. The highest BCUT2D eigenvalue weighted by atomic mass is 32.2. The average Bonchev–Trinajstić information content (AvgIpc) is 3.20. The molecule has 2 aliphatic heterocycles. The predicted molar refractivity (Wildman–Crippen MR) is 153 cm³/mol. The number of hydrogen-bond acceptors (Lipinski definition) is 9. The standard InChI is InChI=1S/C26H40N4O5S3/c1-3-34-25(10-6-4-5-7-11-25)19-28-24-29-22-18-21(8-9-23(22)36-24)38(32,33)30-14-15-35-26(20-30)12-16-37(31,27-2)17-13-26/h8-9,18H,3-7,10-17,19-20H2,1-2H3,(H,28,29). The number of hydrogen-bond donors (Lipinski definition) is 1. The summed E-state index contributed by atoms with van der Waals surface area (Å²) in [6.45, 7) is 4.36. The lowest BCUT2D eigenvalue weighted by Crippen LogP contribution is -2.56. The Balaban J connectivity index is 1.31. The monoisotopic (exact) mass is 584 g/mol. The maximum absolute atomic E-state index is 13.7. The van der Waals surface area contributed by atoms with Gasteiger partial charge in [-0.2, -0.15) is 4.31 Å². The number of nitrogens with zero attached hydrogens (tertiary/aromatic N) is 3. The van der Waals surface area contributed by atoms with Gasteiger partial charge in [0.1, 0.15) is 0 Å². The molecule has 3 fully saturated rings. The minimum Gasteiger partial charge on any atom is -0.373 e. The van der Waals surface area contributed by atoms with Crippen molar-refractivity contribution in [3.63, 3.8) is 0 Å². The Bertz CT molecular complexity index is 1340. The second-order valence-corrected chi connectivity index (χ2v) is 16.5. The Morgan fingerprint density at radius 1 is 1.18 bits per heavy atom. The lowest BCUT2D eigenvalue weighted by molar-refractivity contribution is -0.0941. The maximum atomic E-state index is 13.7. The topological polar surface area (TPSA) is 110 Å². The van der Waals surface area contributed by atoms with Crippen molar-refractivity contribution in [2.45, 2.75) is 74.4 Å². The van der Waals surface area contributed by atoms with Crippen LogP contribution in [-0.4, -0.2) is 84.5 Å². The fourth-order valence-electron chi connectivity index (χ4n) is 6.00. The van der Waals surface area contributed by atoms with Crippen molar-refractivity contribution in [1.82, 2.24) is 9.29 Å². The molecule has 1 aromatic heterocycles. The number of nitrogens with one attached hydrogen (secondary N) is 1. The van der Waals surface area contributed by atoms with E-state index in [9.17, 15) is 12.6 Å². The molecule has 38 heavy (non-hydrogen) atoms. The SMILES string of the molecule is CCOC1(CNc2nc3cc(S(=O)(=O)N4CCOC5(CCS(=O)(=NC)CC5)C4)ccc3s2)CCCCCC1. The third-order valence-corrected chi connectivity index (χ3v) is 13.5. The molecule has 9 nitrogen and oxygen atoms in total. The van der Waals surface area contributed by atoms with Gasteiger partial charge in [0.05, 0.1) is 32.9 Å². The molecule has 3 heterocycles. The van der Waals surface area contributed by atoms with Crippen LogP contribution >= 0.6 is 11.3 Å². The van der Waals surface area contributed by atoms with Crippen molar-refractivity contribution < 1.29 is 22.1 Å². The highest BCUT2D eigenvalue weighted by molar-refractivity contribution is 7.93. The van der Waals surface area contributed by atoms with E-state index in [1.807, 2.05) is 6.07 Å². The minimum absolute atomic E-state index is 0.165. The van der Waals surface area contributed by atoms with E-state index in [0.29, 0.717) is 56.2 Å². The van der Waals surface area contributed by atoms with Crippen molar-refractivity contribution in [1.29, 1.82) is 0 Å². The molecule has 1 N–H and O–H groups in total. The van der Waals surface area contributed by atoms with Crippen LogP contribution in [0.1, 0.15) is 58.3 Å². The molecule has 0 atom stereocenters. The Morgan fingerprint density at radius 3 is 2.61 bits per heavy atom. The molecule has 12 heteroatoms. The van der Waals surface area contributed by atoms with Crippen LogP contribution in [-0.2, 0) is 29.2 Å². The summed E-state index contributed by atoms with van der Waals surface area (Å²) in [6.07, 6.45) is 8.08. The van der Waals surface area contributed by atoms with Gasteiger partial charge >= 0.3 is 0 Å². The molecule has 5 rings (SSSR count). The van der Waals surface area contributed by atoms with E-state index >= 15 is 0 Å². The number of sulfonamides is 1. The zero-order chi connectivity index (χ0) is 26.9. The molecule has 0 unspecified atom stereocenters. The molecular formula is C26H40N4O5S3. The molecule has 2 saturated heterocycles. The smallest absolute Gasteiger partial charge is 0.243 e. The van der Waals surface area contributed by atoms with Crippen molar-refractivity contribution in [2.24, 2.45) is 4.36 Å². The van der Waals surface area contributed by atoms with Crippen LogP contribution in [0.15, 0.2) is 27.5 Å². The minimum atomic E-state index is -3.72. The first-order valence-electron chi connectivity index (χ1n) is 13.7. The van der Waals surface area contributed by atoms with Crippen LogP contribution in [0, 0.1) is 0 Å². The predicted octanol–water partition coefficient (Wildman–Crippen LogP) is 4.49. The van der Waals surface area contributed by atoms with E-state index in [1.54, 1.807) is 19.2 Å². The van der Waals surface area contributed by atoms with Gasteiger partial charge in [0.25, 0.3) is 0 Å². The van der Waals surface area contributed by atoms with Gasteiger partial charge in [0.2, 0.25) is 10.0 Å². The molecule has 1 spiro atoms. The molecule has 1 aromatic carbocycles. The Morgan fingerprint density at radius 2 is 1.92 bits per heavy atom. The van der Waals surface area contributed by atoms with E-state index in [0.717, 1.165) is 22.7 Å². The second kappa shape index (κ2) is 11.3. The fourth-order valence-corrected chi connectivity index (χ4v) is 10.3. The van der Waals surface area contributed by atoms with Gasteiger partial charge in [-0.05, 0) is 50.8 Å². The lowest BCUT2D eigenvalue weighted by atomic mass is 9.94. The highest BCUT2D eigenvalue weighted by Gasteiger charge is 2.44. The zero-order valence-electron chi connectivity index (χ0n) is 22.4.